The number of aromatic nitrogens is 2. The lowest BCUT2D eigenvalue weighted by atomic mass is 9.99. The lowest BCUT2D eigenvalue weighted by molar-refractivity contribution is 0.725. The van der Waals surface area contributed by atoms with Crippen LogP contribution in [0.4, 0.5) is 0 Å². The van der Waals surface area contributed by atoms with Gasteiger partial charge in [-0.3, -0.25) is 0 Å². The smallest absolute Gasteiger partial charge is 0.149 e. The molecule has 0 N–H and O–H groups in total. The van der Waals surface area contributed by atoms with Gasteiger partial charge in [0.2, 0.25) is 0 Å². The number of benzene rings is 1. The predicted octanol–water partition coefficient (Wildman–Crippen LogP) is 4.31. The minimum atomic E-state index is 0.403. The number of hydrogen-bond donors (Lipinski definition) is 0. The third-order valence-electron chi connectivity index (χ3n) is 2.99. The second-order valence-corrected chi connectivity index (χ2v) is 4.51. The third-order valence-corrected chi connectivity index (χ3v) is 3.28. The summed E-state index contributed by atoms with van der Waals surface area (Å²) in [6, 6.07) is 12.1. The van der Waals surface area contributed by atoms with Crippen molar-refractivity contribution in [2.75, 3.05) is 0 Å². The average Bonchev–Trinajstić information content (AvgIpc) is 2.39. The van der Waals surface area contributed by atoms with E-state index in [0.29, 0.717) is 11.1 Å². The van der Waals surface area contributed by atoms with Crippen LogP contribution < -0.4 is 0 Å². The van der Waals surface area contributed by atoms with E-state index in [0.717, 1.165) is 23.2 Å². The third kappa shape index (κ3) is 2.64. The normalized spacial score (nSPS) is 12.4. The summed E-state index contributed by atoms with van der Waals surface area (Å²) in [5.41, 5.74) is 3.02. The molecule has 0 fully saturated rings. The Kier molecular flexibility index (Phi) is 3.75. The van der Waals surface area contributed by atoms with Gasteiger partial charge in [-0.05, 0) is 24.0 Å². The van der Waals surface area contributed by atoms with Gasteiger partial charge in [0.15, 0.2) is 5.15 Å². The molecule has 1 aromatic heterocycles. The van der Waals surface area contributed by atoms with Crippen molar-refractivity contribution in [2.45, 2.75) is 26.2 Å². The van der Waals surface area contributed by atoms with Crippen molar-refractivity contribution in [1.29, 1.82) is 0 Å². The molecule has 0 aliphatic rings. The number of nitrogens with zero attached hydrogens (tertiary/aromatic N) is 2. The highest BCUT2D eigenvalue weighted by atomic mass is 35.5. The Morgan fingerprint density at radius 1 is 1.18 bits per heavy atom. The summed E-state index contributed by atoms with van der Waals surface area (Å²) < 4.78 is 0. The summed E-state index contributed by atoms with van der Waals surface area (Å²) >= 11 is 6.08. The van der Waals surface area contributed by atoms with Crippen molar-refractivity contribution in [1.82, 2.24) is 10.2 Å². The molecule has 1 atom stereocenters. The quantitative estimate of drug-likeness (QED) is 0.807. The zero-order valence-corrected chi connectivity index (χ0v) is 10.8. The van der Waals surface area contributed by atoms with Gasteiger partial charge < -0.3 is 0 Å². The molecule has 1 aromatic carbocycles. The maximum Gasteiger partial charge on any atom is 0.155 e. The molecule has 1 unspecified atom stereocenters. The van der Waals surface area contributed by atoms with E-state index in [1.165, 1.54) is 0 Å². The Balaban J connectivity index is 2.44. The van der Waals surface area contributed by atoms with Crippen molar-refractivity contribution in [3.05, 3.63) is 47.1 Å². The van der Waals surface area contributed by atoms with Crippen molar-refractivity contribution < 1.29 is 0 Å². The van der Waals surface area contributed by atoms with Crippen LogP contribution in [-0.2, 0) is 0 Å². The molecule has 0 aliphatic heterocycles. The van der Waals surface area contributed by atoms with E-state index in [9.17, 15) is 0 Å². The van der Waals surface area contributed by atoms with E-state index in [4.69, 9.17) is 11.6 Å². The van der Waals surface area contributed by atoms with Crippen LogP contribution >= 0.6 is 11.6 Å². The monoisotopic (exact) mass is 246 g/mol. The molecule has 2 rings (SSSR count). The molecular formula is C14H15ClN2. The summed E-state index contributed by atoms with van der Waals surface area (Å²) in [5.74, 6) is 0.403. The Hall–Kier alpha value is -1.41. The predicted molar refractivity (Wildman–Crippen MR) is 71.2 cm³/mol. The molecule has 0 amide bonds. The molecule has 2 aromatic rings. The van der Waals surface area contributed by atoms with Crippen LogP contribution in [0.1, 0.15) is 31.7 Å². The second kappa shape index (κ2) is 5.28. The maximum atomic E-state index is 6.08. The maximum absolute atomic E-state index is 6.08. The number of halogens is 1. The second-order valence-electron chi connectivity index (χ2n) is 4.15. The Morgan fingerprint density at radius 2 is 1.88 bits per heavy atom. The first-order chi connectivity index (χ1) is 8.22. The molecule has 0 saturated carbocycles. The fourth-order valence-electron chi connectivity index (χ4n) is 1.71. The zero-order valence-electron chi connectivity index (χ0n) is 10.0. The summed E-state index contributed by atoms with van der Waals surface area (Å²) in [5, 5.41) is 8.70. The van der Waals surface area contributed by atoms with Crippen molar-refractivity contribution in [3.63, 3.8) is 0 Å². The first-order valence-electron chi connectivity index (χ1n) is 5.81. The van der Waals surface area contributed by atoms with E-state index < -0.39 is 0 Å². The molecule has 0 radical (unpaired) electrons. The van der Waals surface area contributed by atoms with Gasteiger partial charge in [-0.15, -0.1) is 10.2 Å². The Morgan fingerprint density at radius 3 is 2.53 bits per heavy atom. The van der Waals surface area contributed by atoms with Crippen LogP contribution in [-0.4, -0.2) is 10.2 Å². The van der Waals surface area contributed by atoms with Gasteiger partial charge in [0, 0.05) is 5.56 Å². The lowest BCUT2D eigenvalue weighted by Crippen LogP contribution is -1.98. The molecule has 17 heavy (non-hydrogen) atoms. The summed E-state index contributed by atoms with van der Waals surface area (Å²) in [7, 11) is 0. The van der Waals surface area contributed by atoms with Crippen LogP contribution in [0.2, 0.25) is 5.15 Å². The standard InChI is InChI=1S/C14H15ClN2/c1-3-10(2)12-9-13(16-17-14(12)15)11-7-5-4-6-8-11/h4-10H,3H2,1-2H3. The van der Waals surface area contributed by atoms with Gasteiger partial charge in [-0.1, -0.05) is 55.8 Å². The molecule has 2 nitrogen and oxygen atoms in total. The van der Waals surface area contributed by atoms with Crippen LogP contribution in [0.5, 0.6) is 0 Å². The van der Waals surface area contributed by atoms with Crippen LogP contribution in [0.25, 0.3) is 11.3 Å². The molecular weight excluding hydrogens is 232 g/mol. The van der Waals surface area contributed by atoms with E-state index >= 15 is 0 Å². The highest BCUT2D eigenvalue weighted by molar-refractivity contribution is 6.30. The van der Waals surface area contributed by atoms with Gasteiger partial charge in [-0.2, -0.15) is 0 Å². The molecule has 0 bridgehead atoms. The minimum absolute atomic E-state index is 0.403. The summed E-state index contributed by atoms with van der Waals surface area (Å²) in [6.07, 6.45) is 1.04. The van der Waals surface area contributed by atoms with Crippen LogP contribution in [0.15, 0.2) is 36.4 Å². The van der Waals surface area contributed by atoms with E-state index in [1.807, 2.05) is 36.4 Å². The SMILES string of the molecule is CCC(C)c1cc(-c2ccccc2)nnc1Cl. The Labute approximate surface area is 107 Å². The van der Waals surface area contributed by atoms with Crippen molar-refractivity contribution >= 4 is 11.6 Å². The fourth-order valence-corrected chi connectivity index (χ4v) is 1.99. The molecule has 1 heterocycles. The average molecular weight is 247 g/mol. The summed E-state index contributed by atoms with van der Waals surface area (Å²) in [6.45, 7) is 4.29. The Bertz CT molecular complexity index is 497. The molecule has 0 aliphatic carbocycles. The highest BCUT2D eigenvalue weighted by Crippen LogP contribution is 2.28. The van der Waals surface area contributed by atoms with Gasteiger partial charge >= 0.3 is 0 Å². The lowest BCUT2D eigenvalue weighted by Gasteiger charge is -2.11. The van der Waals surface area contributed by atoms with Gasteiger partial charge in [0.05, 0.1) is 5.69 Å². The fraction of sp³-hybridized carbons (Fsp3) is 0.286. The topological polar surface area (TPSA) is 25.8 Å². The highest BCUT2D eigenvalue weighted by Gasteiger charge is 2.11. The first-order valence-corrected chi connectivity index (χ1v) is 6.18. The number of rotatable bonds is 3. The number of hydrogen-bond acceptors (Lipinski definition) is 2. The van der Waals surface area contributed by atoms with E-state index in [-0.39, 0.29) is 0 Å². The largest absolute Gasteiger partial charge is 0.155 e. The molecule has 0 spiro atoms. The zero-order chi connectivity index (χ0) is 12.3. The molecule has 88 valence electrons. The van der Waals surface area contributed by atoms with E-state index in [2.05, 4.69) is 24.0 Å². The molecule has 3 heteroatoms. The van der Waals surface area contributed by atoms with Crippen molar-refractivity contribution in [2.24, 2.45) is 0 Å². The first kappa shape index (κ1) is 12.1. The van der Waals surface area contributed by atoms with Gasteiger partial charge in [0.25, 0.3) is 0 Å². The van der Waals surface area contributed by atoms with E-state index in [1.54, 1.807) is 0 Å². The summed E-state index contributed by atoms with van der Waals surface area (Å²) in [4.78, 5) is 0. The van der Waals surface area contributed by atoms with Gasteiger partial charge in [-0.25, -0.2) is 0 Å². The minimum Gasteiger partial charge on any atom is -0.149 e. The molecule has 0 saturated heterocycles. The van der Waals surface area contributed by atoms with Crippen molar-refractivity contribution in [3.8, 4) is 11.3 Å². The van der Waals surface area contributed by atoms with Crippen LogP contribution in [0.3, 0.4) is 0 Å². The van der Waals surface area contributed by atoms with Gasteiger partial charge in [0.1, 0.15) is 0 Å². The van der Waals surface area contributed by atoms with Crippen LogP contribution in [0, 0.1) is 0 Å².